The van der Waals surface area contributed by atoms with Gasteiger partial charge < -0.3 is 5.73 Å². The summed E-state index contributed by atoms with van der Waals surface area (Å²) in [5, 5.41) is 1.48. The van der Waals surface area contributed by atoms with Crippen LogP contribution >= 0.6 is 23.1 Å². The number of hydrogen-bond donors (Lipinski definition) is 1. The topological polar surface area (TPSA) is 69.6 Å². The summed E-state index contributed by atoms with van der Waals surface area (Å²) in [4.78, 5) is 15.2. The number of halogens is 2. The number of aryl methyl sites for hydroxylation is 2. The molecule has 0 atom stereocenters. The first-order chi connectivity index (χ1) is 11.6. The summed E-state index contributed by atoms with van der Waals surface area (Å²) in [7, 11) is 0. The number of alkyl halides is 2. The predicted octanol–water partition coefficient (Wildman–Crippen LogP) is 4.04. The lowest BCUT2D eigenvalue weighted by Crippen LogP contribution is -2.03. The van der Waals surface area contributed by atoms with Crippen molar-refractivity contribution in [2.24, 2.45) is 0 Å². The molecule has 2 N–H and O–H groups in total. The highest BCUT2D eigenvalue weighted by molar-refractivity contribution is 7.98. The van der Waals surface area contributed by atoms with Gasteiger partial charge >= 0.3 is 6.55 Å². The van der Waals surface area contributed by atoms with Gasteiger partial charge in [0.05, 0.1) is 11.1 Å². The van der Waals surface area contributed by atoms with Crippen LogP contribution in [-0.4, -0.2) is 19.5 Å². The van der Waals surface area contributed by atoms with Crippen LogP contribution in [0.15, 0.2) is 17.6 Å². The third-order valence-electron chi connectivity index (χ3n) is 4.11. The summed E-state index contributed by atoms with van der Waals surface area (Å²) in [6, 6.07) is 0. The third kappa shape index (κ3) is 2.75. The lowest BCUT2D eigenvalue weighted by molar-refractivity contribution is 0.0678. The maximum atomic E-state index is 12.9. The fourth-order valence-electron chi connectivity index (χ4n) is 2.99. The van der Waals surface area contributed by atoms with Crippen LogP contribution < -0.4 is 5.73 Å². The zero-order valence-electron chi connectivity index (χ0n) is 12.7. The standard InChI is InChI=1S/C15H15F2N5S2/c16-14(17)22-6-5-19-10(22)7-23-15-20-12(18)11-8-3-1-2-4-9(8)24-13(11)21-15/h5-6,14H,1-4,7H2,(H2,18,20,21). The third-order valence-corrected chi connectivity index (χ3v) is 6.14. The van der Waals surface area contributed by atoms with Crippen molar-refractivity contribution in [3.63, 3.8) is 0 Å². The molecule has 3 aromatic heterocycles. The minimum absolute atomic E-state index is 0.271. The van der Waals surface area contributed by atoms with Gasteiger partial charge in [-0.25, -0.2) is 15.0 Å². The van der Waals surface area contributed by atoms with Crippen LogP contribution in [0, 0.1) is 0 Å². The van der Waals surface area contributed by atoms with E-state index >= 15 is 0 Å². The lowest BCUT2D eigenvalue weighted by Gasteiger charge is -2.10. The molecular formula is C15H15F2N5S2. The molecule has 1 aliphatic rings. The molecule has 3 heterocycles. The number of anilines is 1. The van der Waals surface area contributed by atoms with Crippen molar-refractivity contribution >= 4 is 39.1 Å². The van der Waals surface area contributed by atoms with Crippen LogP contribution in [0.5, 0.6) is 0 Å². The zero-order chi connectivity index (χ0) is 16.7. The Bertz CT molecular complexity index is 889. The summed E-state index contributed by atoms with van der Waals surface area (Å²) in [5.41, 5.74) is 7.45. The summed E-state index contributed by atoms with van der Waals surface area (Å²) in [5.74, 6) is 1.05. The number of nitrogens with two attached hydrogens (primary N) is 1. The van der Waals surface area contributed by atoms with E-state index in [2.05, 4.69) is 15.0 Å². The average Bonchev–Trinajstić information content (AvgIpc) is 3.17. The van der Waals surface area contributed by atoms with Gasteiger partial charge in [0, 0.05) is 17.3 Å². The van der Waals surface area contributed by atoms with E-state index < -0.39 is 6.55 Å². The SMILES string of the molecule is Nc1nc(SCc2nccn2C(F)F)nc2sc3c(c12)CCCC3. The van der Waals surface area contributed by atoms with E-state index in [1.54, 1.807) is 11.3 Å². The Morgan fingerprint density at radius 2 is 2.12 bits per heavy atom. The van der Waals surface area contributed by atoms with Crippen molar-refractivity contribution in [3.8, 4) is 0 Å². The molecule has 9 heteroatoms. The van der Waals surface area contributed by atoms with E-state index in [-0.39, 0.29) is 5.75 Å². The highest BCUT2D eigenvalue weighted by Crippen LogP contribution is 2.38. The molecule has 0 spiro atoms. The molecule has 0 amide bonds. The molecule has 0 fully saturated rings. The van der Waals surface area contributed by atoms with Gasteiger partial charge in [-0.1, -0.05) is 11.8 Å². The number of imidazole rings is 1. The van der Waals surface area contributed by atoms with E-state index in [1.807, 2.05) is 0 Å². The number of hydrogen-bond acceptors (Lipinski definition) is 6. The fourth-order valence-corrected chi connectivity index (χ4v) is 5.12. The van der Waals surface area contributed by atoms with Crippen molar-refractivity contribution in [3.05, 3.63) is 28.7 Å². The van der Waals surface area contributed by atoms with E-state index in [4.69, 9.17) is 5.73 Å². The van der Waals surface area contributed by atoms with Gasteiger partial charge in [0.15, 0.2) is 5.16 Å². The van der Waals surface area contributed by atoms with Gasteiger partial charge in [-0.3, -0.25) is 4.57 Å². The molecule has 3 aromatic rings. The fraction of sp³-hybridized carbons (Fsp3) is 0.400. The largest absolute Gasteiger partial charge is 0.383 e. The molecule has 1 aliphatic carbocycles. The van der Waals surface area contributed by atoms with Gasteiger partial charge in [-0.05, 0) is 31.2 Å². The Labute approximate surface area is 145 Å². The van der Waals surface area contributed by atoms with Gasteiger partial charge in [-0.2, -0.15) is 8.78 Å². The van der Waals surface area contributed by atoms with E-state index in [1.165, 1.54) is 47.4 Å². The van der Waals surface area contributed by atoms with E-state index in [0.29, 0.717) is 16.8 Å². The summed E-state index contributed by atoms with van der Waals surface area (Å²) in [6.45, 7) is -2.60. The quantitative estimate of drug-likeness (QED) is 0.557. The first-order valence-electron chi connectivity index (χ1n) is 7.64. The second kappa shape index (κ2) is 6.29. The minimum atomic E-state index is -2.60. The highest BCUT2D eigenvalue weighted by Gasteiger charge is 2.20. The molecular weight excluding hydrogens is 352 g/mol. The lowest BCUT2D eigenvalue weighted by atomic mass is 9.97. The van der Waals surface area contributed by atoms with Crippen LogP contribution in [0.2, 0.25) is 0 Å². The molecule has 0 radical (unpaired) electrons. The Hall–Kier alpha value is -1.74. The van der Waals surface area contributed by atoms with Crippen molar-refractivity contribution in [1.82, 2.24) is 19.5 Å². The van der Waals surface area contributed by atoms with Crippen LogP contribution in [0.4, 0.5) is 14.6 Å². The second-order valence-electron chi connectivity index (χ2n) is 5.60. The van der Waals surface area contributed by atoms with Crippen molar-refractivity contribution in [1.29, 1.82) is 0 Å². The number of fused-ring (bicyclic) bond motifs is 3. The maximum absolute atomic E-state index is 12.9. The molecule has 24 heavy (non-hydrogen) atoms. The van der Waals surface area contributed by atoms with Crippen molar-refractivity contribution < 1.29 is 8.78 Å². The summed E-state index contributed by atoms with van der Waals surface area (Å²) in [6.07, 6.45) is 7.11. The molecule has 0 bridgehead atoms. The predicted molar refractivity (Wildman–Crippen MR) is 91.5 cm³/mol. The first kappa shape index (κ1) is 15.8. The number of thioether (sulfide) groups is 1. The highest BCUT2D eigenvalue weighted by atomic mass is 32.2. The van der Waals surface area contributed by atoms with Crippen LogP contribution in [0.25, 0.3) is 10.2 Å². The monoisotopic (exact) mass is 367 g/mol. The Balaban J connectivity index is 1.62. The van der Waals surface area contributed by atoms with E-state index in [9.17, 15) is 8.78 Å². The maximum Gasteiger partial charge on any atom is 0.319 e. The van der Waals surface area contributed by atoms with Crippen molar-refractivity contribution in [2.75, 3.05) is 5.73 Å². The van der Waals surface area contributed by atoms with Gasteiger partial charge in [-0.15, -0.1) is 11.3 Å². The number of aromatic nitrogens is 4. The molecule has 4 rings (SSSR count). The number of rotatable bonds is 4. The normalized spacial score (nSPS) is 14.5. The molecule has 0 aliphatic heterocycles. The number of nitrogen functional groups attached to an aromatic ring is 1. The summed E-state index contributed by atoms with van der Waals surface area (Å²) < 4.78 is 26.6. The van der Waals surface area contributed by atoms with Crippen LogP contribution in [0.3, 0.4) is 0 Å². The smallest absolute Gasteiger partial charge is 0.319 e. The van der Waals surface area contributed by atoms with E-state index in [0.717, 1.165) is 27.6 Å². The van der Waals surface area contributed by atoms with Gasteiger partial charge in [0.2, 0.25) is 0 Å². The minimum Gasteiger partial charge on any atom is -0.383 e. The molecule has 0 saturated heterocycles. The Morgan fingerprint density at radius 1 is 1.29 bits per heavy atom. The molecule has 0 aromatic carbocycles. The second-order valence-corrected chi connectivity index (χ2v) is 7.63. The zero-order valence-corrected chi connectivity index (χ0v) is 14.3. The first-order valence-corrected chi connectivity index (χ1v) is 9.44. The number of thiophene rings is 1. The average molecular weight is 367 g/mol. The van der Waals surface area contributed by atoms with Gasteiger partial charge in [0.25, 0.3) is 0 Å². The molecule has 126 valence electrons. The molecule has 0 saturated carbocycles. The van der Waals surface area contributed by atoms with Crippen LogP contribution in [0.1, 0.15) is 35.7 Å². The van der Waals surface area contributed by atoms with Gasteiger partial charge in [0.1, 0.15) is 16.5 Å². The molecule has 0 unspecified atom stereocenters. The van der Waals surface area contributed by atoms with Crippen LogP contribution in [-0.2, 0) is 18.6 Å². The van der Waals surface area contributed by atoms with Crippen molar-refractivity contribution in [2.45, 2.75) is 43.1 Å². The summed E-state index contributed by atoms with van der Waals surface area (Å²) >= 11 is 2.95. The molecule has 5 nitrogen and oxygen atoms in total. The Kier molecular flexibility index (Phi) is 4.13. The Morgan fingerprint density at radius 3 is 2.96 bits per heavy atom. The number of nitrogens with zero attached hydrogens (tertiary/aromatic N) is 4.